The van der Waals surface area contributed by atoms with E-state index < -0.39 is 5.91 Å². The molecule has 25 heavy (non-hydrogen) atoms. The molecule has 0 aliphatic carbocycles. The van der Waals surface area contributed by atoms with E-state index in [1.54, 1.807) is 5.48 Å². The SMILES string of the molecule is O=C(NO)c1cnc(N2CC3CC2CN3C(=O)c2ccccc2)nc1. The van der Waals surface area contributed by atoms with Gasteiger partial charge < -0.3 is 9.80 Å². The molecular formula is C17H17N5O3. The first-order chi connectivity index (χ1) is 12.2. The third kappa shape index (κ3) is 2.70. The molecular weight excluding hydrogens is 322 g/mol. The van der Waals surface area contributed by atoms with Gasteiger partial charge in [0.15, 0.2) is 0 Å². The molecule has 2 fully saturated rings. The number of anilines is 1. The van der Waals surface area contributed by atoms with Crippen molar-refractivity contribution in [3.05, 3.63) is 53.9 Å². The molecule has 0 saturated carbocycles. The summed E-state index contributed by atoms with van der Waals surface area (Å²) in [5, 5.41) is 8.63. The Morgan fingerprint density at radius 2 is 1.76 bits per heavy atom. The summed E-state index contributed by atoms with van der Waals surface area (Å²) in [7, 11) is 0. The van der Waals surface area contributed by atoms with Crippen molar-refractivity contribution < 1.29 is 14.8 Å². The highest BCUT2D eigenvalue weighted by atomic mass is 16.5. The fourth-order valence-electron chi connectivity index (χ4n) is 3.56. The summed E-state index contributed by atoms with van der Waals surface area (Å²) in [6.45, 7) is 1.31. The van der Waals surface area contributed by atoms with Crippen LogP contribution in [-0.4, -0.2) is 57.1 Å². The van der Waals surface area contributed by atoms with E-state index in [1.807, 2.05) is 35.2 Å². The molecule has 2 atom stereocenters. The second-order valence-electron chi connectivity index (χ2n) is 6.23. The number of hydrogen-bond donors (Lipinski definition) is 2. The first kappa shape index (κ1) is 15.5. The minimum absolute atomic E-state index is 0.0589. The van der Waals surface area contributed by atoms with Crippen LogP contribution in [0.2, 0.25) is 0 Å². The van der Waals surface area contributed by atoms with Gasteiger partial charge in [-0.25, -0.2) is 15.4 Å². The largest absolute Gasteiger partial charge is 0.334 e. The molecule has 4 rings (SSSR count). The van der Waals surface area contributed by atoms with E-state index in [2.05, 4.69) is 14.9 Å². The second kappa shape index (κ2) is 6.14. The molecule has 2 bridgehead atoms. The number of piperazine rings is 1. The molecule has 0 radical (unpaired) electrons. The zero-order chi connectivity index (χ0) is 17.4. The number of rotatable bonds is 3. The molecule has 1 aromatic heterocycles. The van der Waals surface area contributed by atoms with Gasteiger partial charge in [-0.15, -0.1) is 0 Å². The summed E-state index contributed by atoms with van der Waals surface area (Å²) in [6.07, 6.45) is 3.65. The molecule has 8 heteroatoms. The molecule has 8 nitrogen and oxygen atoms in total. The Bertz CT molecular complexity index is 796. The Balaban J connectivity index is 1.46. The lowest BCUT2D eigenvalue weighted by Gasteiger charge is -2.34. The van der Waals surface area contributed by atoms with Gasteiger partial charge in [0.05, 0.1) is 17.6 Å². The predicted molar refractivity (Wildman–Crippen MR) is 88.3 cm³/mol. The predicted octanol–water partition coefficient (Wildman–Crippen LogP) is 0.699. The second-order valence-corrected chi connectivity index (χ2v) is 6.23. The van der Waals surface area contributed by atoms with Crippen LogP contribution in [0.25, 0.3) is 0 Å². The Hall–Kier alpha value is -3.00. The van der Waals surface area contributed by atoms with Crippen LogP contribution in [0.5, 0.6) is 0 Å². The standard InChI is InChI=1S/C17H17N5O3/c23-15(20-25)12-7-18-17(19-8-12)22-10-13-6-14(22)9-21(13)16(24)11-4-2-1-3-5-11/h1-5,7-8,13-14,25H,6,9-10H2,(H,20,23). The quantitative estimate of drug-likeness (QED) is 0.631. The molecule has 3 heterocycles. The highest BCUT2D eigenvalue weighted by Gasteiger charge is 2.46. The van der Waals surface area contributed by atoms with E-state index in [0.717, 1.165) is 6.42 Å². The number of fused-ring (bicyclic) bond motifs is 2. The summed E-state index contributed by atoms with van der Waals surface area (Å²) in [5.74, 6) is -0.0495. The molecule has 2 aliphatic rings. The highest BCUT2D eigenvalue weighted by molar-refractivity contribution is 5.95. The number of hydroxylamine groups is 1. The number of nitrogens with zero attached hydrogens (tertiary/aromatic N) is 4. The number of aromatic nitrogens is 2. The third-order valence-electron chi connectivity index (χ3n) is 4.78. The lowest BCUT2D eigenvalue weighted by atomic mass is 10.2. The molecule has 2 amide bonds. The number of carbonyl (C=O) groups is 2. The maximum absolute atomic E-state index is 12.6. The van der Waals surface area contributed by atoms with Crippen LogP contribution in [0.1, 0.15) is 27.1 Å². The Morgan fingerprint density at radius 1 is 1.04 bits per heavy atom. The smallest absolute Gasteiger partial charge is 0.277 e. The van der Waals surface area contributed by atoms with Gasteiger partial charge in [0.25, 0.3) is 11.8 Å². The van der Waals surface area contributed by atoms with Crippen molar-refractivity contribution in [3.8, 4) is 0 Å². The zero-order valence-electron chi connectivity index (χ0n) is 13.4. The molecule has 2 aromatic rings. The third-order valence-corrected chi connectivity index (χ3v) is 4.78. The van der Waals surface area contributed by atoms with E-state index in [-0.39, 0.29) is 23.6 Å². The van der Waals surface area contributed by atoms with Gasteiger partial charge in [0, 0.05) is 31.0 Å². The maximum atomic E-state index is 12.6. The fraction of sp³-hybridized carbons (Fsp3) is 0.294. The van der Waals surface area contributed by atoms with E-state index >= 15 is 0 Å². The summed E-state index contributed by atoms with van der Waals surface area (Å²) in [4.78, 5) is 36.4. The van der Waals surface area contributed by atoms with Gasteiger partial charge >= 0.3 is 0 Å². The first-order valence-corrected chi connectivity index (χ1v) is 8.06. The summed E-state index contributed by atoms with van der Waals surface area (Å²) in [6, 6.07) is 9.61. The van der Waals surface area contributed by atoms with Gasteiger partial charge in [-0.1, -0.05) is 18.2 Å². The molecule has 2 N–H and O–H groups in total. The number of amides is 2. The summed E-state index contributed by atoms with van der Waals surface area (Å²) < 4.78 is 0. The van der Waals surface area contributed by atoms with Crippen LogP contribution < -0.4 is 10.4 Å². The molecule has 2 saturated heterocycles. The average molecular weight is 339 g/mol. The van der Waals surface area contributed by atoms with E-state index in [9.17, 15) is 9.59 Å². The topological polar surface area (TPSA) is 98.7 Å². The fourth-order valence-corrected chi connectivity index (χ4v) is 3.56. The molecule has 1 aromatic carbocycles. The summed E-state index contributed by atoms with van der Waals surface area (Å²) >= 11 is 0. The van der Waals surface area contributed by atoms with Gasteiger partial charge in [-0.2, -0.15) is 0 Å². The van der Waals surface area contributed by atoms with Gasteiger partial charge in [-0.05, 0) is 18.6 Å². The number of carbonyl (C=O) groups excluding carboxylic acids is 2. The van der Waals surface area contributed by atoms with Crippen LogP contribution >= 0.6 is 0 Å². The van der Waals surface area contributed by atoms with E-state index in [4.69, 9.17) is 5.21 Å². The zero-order valence-corrected chi connectivity index (χ0v) is 13.4. The number of nitrogens with one attached hydrogen (secondary N) is 1. The number of likely N-dealkylation sites (tertiary alicyclic amines) is 1. The molecule has 128 valence electrons. The molecule has 0 spiro atoms. The van der Waals surface area contributed by atoms with Crippen LogP contribution in [-0.2, 0) is 0 Å². The Kier molecular flexibility index (Phi) is 3.81. The van der Waals surface area contributed by atoms with Crippen molar-refractivity contribution in [2.45, 2.75) is 18.5 Å². The lowest BCUT2D eigenvalue weighted by Crippen LogP contribution is -2.49. The highest BCUT2D eigenvalue weighted by Crippen LogP contribution is 2.33. The van der Waals surface area contributed by atoms with Crippen molar-refractivity contribution in [1.82, 2.24) is 20.3 Å². The maximum Gasteiger partial charge on any atom is 0.277 e. The normalized spacial score (nSPS) is 21.5. The number of hydrogen-bond acceptors (Lipinski definition) is 6. The van der Waals surface area contributed by atoms with Gasteiger partial charge in [0.1, 0.15) is 0 Å². The molecule has 2 unspecified atom stereocenters. The van der Waals surface area contributed by atoms with Crippen molar-refractivity contribution in [1.29, 1.82) is 0 Å². The van der Waals surface area contributed by atoms with Crippen molar-refractivity contribution in [2.24, 2.45) is 0 Å². The minimum Gasteiger partial charge on any atom is -0.334 e. The number of benzene rings is 1. The van der Waals surface area contributed by atoms with E-state index in [0.29, 0.717) is 24.6 Å². The monoisotopic (exact) mass is 339 g/mol. The van der Waals surface area contributed by atoms with Crippen LogP contribution in [0.15, 0.2) is 42.7 Å². The first-order valence-electron chi connectivity index (χ1n) is 8.06. The Morgan fingerprint density at radius 3 is 2.36 bits per heavy atom. The van der Waals surface area contributed by atoms with Gasteiger partial charge in [-0.3, -0.25) is 14.8 Å². The summed E-state index contributed by atoms with van der Waals surface area (Å²) in [5.41, 5.74) is 2.45. The van der Waals surface area contributed by atoms with Crippen molar-refractivity contribution >= 4 is 17.8 Å². The van der Waals surface area contributed by atoms with Gasteiger partial charge in [0.2, 0.25) is 5.95 Å². The van der Waals surface area contributed by atoms with Crippen molar-refractivity contribution in [2.75, 3.05) is 18.0 Å². The average Bonchev–Trinajstić information content (AvgIpc) is 3.28. The molecule has 2 aliphatic heterocycles. The minimum atomic E-state index is -0.644. The lowest BCUT2D eigenvalue weighted by molar-refractivity contribution is 0.0703. The van der Waals surface area contributed by atoms with Crippen molar-refractivity contribution in [3.63, 3.8) is 0 Å². The van der Waals surface area contributed by atoms with E-state index in [1.165, 1.54) is 12.4 Å². The van der Waals surface area contributed by atoms with Crippen LogP contribution in [0, 0.1) is 0 Å². The van der Waals surface area contributed by atoms with Crippen LogP contribution in [0.3, 0.4) is 0 Å². The Labute approximate surface area is 144 Å². The van der Waals surface area contributed by atoms with Crippen LogP contribution in [0.4, 0.5) is 5.95 Å².